The maximum absolute atomic E-state index is 11.2. The predicted octanol–water partition coefficient (Wildman–Crippen LogP) is 1.89. The molecule has 2 amide bonds. The molecule has 1 aromatic rings. The summed E-state index contributed by atoms with van der Waals surface area (Å²) in [6, 6.07) is 5.32. The summed E-state index contributed by atoms with van der Waals surface area (Å²) in [4.78, 5) is 11.2. The van der Waals surface area contributed by atoms with Crippen LogP contribution in [0.25, 0.3) is 0 Å². The van der Waals surface area contributed by atoms with Crippen LogP contribution in [-0.4, -0.2) is 19.7 Å². The molecule has 0 heterocycles. The Kier molecular flexibility index (Phi) is 5.37. The van der Waals surface area contributed by atoms with Gasteiger partial charge < -0.3 is 15.4 Å². The lowest BCUT2D eigenvalue weighted by molar-refractivity contribution is 0.241. The quantitative estimate of drug-likeness (QED) is 0.834. The van der Waals surface area contributed by atoms with E-state index in [1.54, 1.807) is 7.11 Å². The summed E-state index contributed by atoms with van der Waals surface area (Å²) in [5.74, 6) is 3.08. The van der Waals surface area contributed by atoms with Gasteiger partial charge in [-0.1, -0.05) is 12.0 Å². The van der Waals surface area contributed by atoms with Crippen LogP contribution >= 0.6 is 15.9 Å². The zero-order valence-electron chi connectivity index (χ0n) is 9.42. The van der Waals surface area contributed by atoms with Crippen LogP contribution in [0.3, 0.4) is 0 Å². The van der Waals surface area contributed by atoms with Gasteiger partial charge in [0.15, 0.2) is 0 Å². The number of nitrogens with one attached hydrogen (secondary N) is 2. The van der Waals surface area contributed by atoms with Gasteiger partial charge in [-0.2, -0.15) is 0 Å². The third-order valence-corrected chi connectivity index (χ3v) is 2.64. The van der Waals surface area contributed by atoms with Gasteiger partial charge in [-0.15, -0.1) is 6.42 Å². The molecule has 0 radical (unpaired) electrons. The molecule has 0 atom stereocenters. The molecular weight excluding hydrogens is 284 g/mol. The topological polar surface area (TPSA) is 50.4 Å². The zero-order chi connectivity index (χ0) is 12.7. The molecule has 0 fully saturated rings. The van der Waals surface area contributed by atoms with Gasteiger partial charge in [0.05, 0.1) is 18.1 Å². The Morgan fingerprint density at radius 3 is 2.88 bits per heavy atom. The fourth-order valence-corrected chi connectivity index (χ4v) is 1.78. The highest BCUT2D eigenvalue weighted by molar-refractivity contribution is 9.10. The summed E-state index contributed by atoms with van der Waals surface area (Å²) in [6.07, 6.45) is 5.02. The van der Waals surface area contributed by atoms with Crippen molar-refractivity contribution in [1.82, 2.24) is 10.6 Å². The van der Waals surface area contributed by atoms with Gasteiger partial charge in [0, 0.05) is 6.54 Å². The first kappa shape index (κ1) is 13.4. The summed E-state index contributed by atoms with van der Waals surface area (Å²) in [7, 11) is 1.60. The number of amides is 2. The molecule has 90 valence electrons. The molecule has 0 aliphatic carbocycles. The van der Waals surface area contributed by atoms with Crippen LogP contribution in [0.5, 0.6) is 5.75 Å². The second-order valence-electron chi connectivity index (χ2n) is 3.21. The molecule has 2 N–H and O–H groups in total. The molecule has 4 nitrogen and oxygen atoms in total. The van der Waals surface area contributed by atoms with Gasteiger partial charge in [0.25, 0.3) is 0 Å². The number of rotatable bonds is 4. The van der Waals surface area contributed by atoms with Crippen molar-refractivity contribution in [2.45, 2.75) is 6.54 Å². The Morgan fingerprint density at radius 2 is 2.29 bits per heavy atom. The molecule has 1 aromatic carbocycles. The molecule has 5 heteroatoms. The van der Waals surface area contributed by atoms with Gasteiger partial charge in [-0.05, 0) is 33.6 Å². The van der Waals surface area contributed by atoms with Crippen molar-refractivity contribution >= 4 is 22.0 Å². The molecule has 1 rings (SSSR count). The Labute approximate surface area is 109 Å². The Hall–Kier alpha value is -1.67. The molecule has 0 unspecified atom stereocenters. The van der Waals surface area contributed by atoms with Crippen molar-refractivity contribution in [1.29, 1.82) is 0 Å². The molecule has 0 spiro atoms. The van der Waals surface area contributed by atoms with E-state index in [1.807, 2.05) is 18.2 Å². The van der Waals surface area contributed by atoms with E-state index in [2.05, 4.69) is 32.5 Å². The van der Waals surface area contributed by atoms with E-state index in [9.17, 15) is 4.79 Å². The van der Waals surface area contributed by atoms with Gasteiger partial charge in [0.1, 0.15) is 5.75 Å². The van der Waals surface area contributed by atoms with E-state index >= 15 is 0 Å². The number of terminal acetylenes is 1. The van der Waals surface area contributed by atoms with Crippen molar-refractivity contribution in [2.75, 3.05) is 13.7 Å². The average Bonchev–Trinajstić information content (AvgIpc) is 2.34. The lowest BCUT2D eigenvalue weighted by Gasteiger charge is -2.08. The first-order valence-corrected chi connectivity index (χ1v) is 5.74. The minimum absolute atomic E-state index is 0.220. The summed E-state index contributed by atoms with van der Waals surface area (Å²) in [5.41, 5.74) is 0.966. The number of methoxy groups -OCH3 is 1. The maximum atomic E-state index is 11.2. The van der Waals surface area contributed by atoms with E-state index in [1.165, 1.54) is 0 Å². The maximum Gasteiger partial charge on any atom is 0.315 e. The highest BCUT2D eigenvalue weighted by Crippen LogP contribution is 2.25. The summed E-state index contributed by atoms with van der Waals surface area (Å²) in [6.45, 7) is 0.650. The zero-order valence-corrected chi connectivity index (χ0v) is 11.0. The van der Waals surface area contributed by atoms with E-state index < -0.39 is 0 Å². The van der Waals surface area contributed by atoms with Gasteiger partial charge in [0.2, 0.25) is 0 Å². The van der Waals surface area contributed by atoms with Crippen LogP contribution in [-0.2, 0) is 6.54 Å². The van der Waals surface area contributed by atoms with Crippen LogP contribution in [0.4, 0.5) is 4.79 Å². The second-order valence-corrected chi connectivity index (χ2v) is 4.06. The number of halogens is 1. The standard InChI is InChI=1S/C12H13BrN2O2/c1-3-6-14-12(16)15-8-9-4-5-11(17-2)10(13)7-9/h1,4-5,7H,6,8H2,2H3,(H2,14,15,16). The molecular formula is C12H13BrN2O2. The number of hydrogen-bond donors (Lipinski definition) is 2. The minimum Gasteiger partial charge on any atom is -0.496 e. The van der Waals surface area contributed by atoms with E-state index in [4.69, 9.17) is 11.2 Å². The average molecular weight is 297 g/mol. The lowest BCUT2D eigenvalue weighted by Crippen LogP contribution is -2.35. The Bertz CT molecular complexity index is 441. The number of carbonyl (C=O) groups excluding carboxylic acids is 1. The van der Waals surface area contributed by atoms with E-state index in [0.717, 1.165) is 15.8 Å². The molecule has 17 heavy (non-hydrogen) atoms. The highest BCUT2D eigenvalue weighted by atomic mass is 79.9. The van der Waals surface area contributed by atoms with Crippen LogP contribution in [0.15, 0.2) is 22.7 Å². The fraction of sp³-hybridized carbons (Fsp3) is 0.250. The largest absolute Gasteiger partial charge is 0.496 e. The Balaban J connectivity index is 2.50. The molecule has 0 aliphatic rings. The molecule has 0 bridgehead atoms. The molecule has 0 aromatic heterocycles. The third kappa shape index (κ3) is 4.37. The number of ether oxygens (including phenoxy) is 1. The number of urea groups is 1. The number of benzene rings is 1. The van der Waals surface area contributed by atoms with Crippen molar-refractivity contribution < 1.29 is 9.53 Å². The van der Waals surface area contributed by atoms with Crippen molar-refractivity contribution in [3.63, 3.8) is 0 Å². The minimum atomic E-state index is -0.283. The second kappa shape index (κ2) is 6.81. The highest BCUT2D eigenvalue weighted by Gasteiger charge is 2.03. The van der Waals surface area contributed by atoms with E-state index in [0.29, 0.717) is 6.54 Å². The third-order valence-electron chi connectivity index (χ3n) is 2.02. The van der Waals surface area contributed by atoms with Crippen molar-refractivity contribution in [2.24, 2.45) is 0 Å². The summed E-state index contributed by atoms with van der Waals surface area (Å²) < 4.78 is 5.96. The smallest absolute Gasteiger partial charge is 0.315 e. The van der Waals surface area contributed by atoms with Gasteiger partial charge in [-0.25, -0.2) is 4.79 Å². The van der Waals surface area contributed by atoms with Crippen molar-refractivity contribution in [3.05, 3.63) is 28.2 Å². The van der Waals surface area contributed by atoms with Gasteiger partial charge in [-0.3, -0.25) is 0 Å². The normalized spacial score (nSPS) is 9.24. The first-order chi connectivity index (χ1) is 8.17. The number of carbonyl (C=O) groups is 1. The fourth-order valence-electron chi connectivity index (χ4n) is 1.20. The SMILES string of the molecule is C#CCNC(=O)NCc1ccc(OC)c(Br)c1. The van der Waals surface area contributed by atoms with Crippen LogP contribution in [0.2, 0.25) is 0 Å². The lowest BCUT2D eigenvalue weighted by atomic mass is 10.2. The van der Waals surface area contributed by atoms with Crippen molar-refractivity contribution in [3.8, 4) is 18.1 Å². The first-order valence-electron chi connectivity index (χ1n) is 4.95. The van der Waals surface area contributed by atoms with Crippen LogP contribution in [0, 0.1) is 12.3 Å². The summed E-state index contributed by atoms with van der Waals surface area (Å²) >= 11 is 3.38. The summed E-state index contributed by atoms with van der Waals surface area (Å²) in [5, 5.41) is 5.21. The van der Waals surface area contributed by atoms with Crippen LogP contribution < -0.4 is 15.4 Å². The predicted molar refractivity (Wildman–Crippen MR) is 69.8 cm³/mol. The number of hydrogen-bond acceptors (Lipinski definition) is 2. The Morgan fingerprint density at radius 1 is 1.53 bits per heavy atom. The van der Waals surface area contributed by atoms with Gasteiger partial charge >= 0.3 is 6.03 Å². The molecule has 0 saturated heterocycles. The monoisotopic (exact) mass is 296 g/mol. The van der Waals surface area contributed by atoms with E-state index in [-0.39, 0.29) is 12.6 Å². The van der Waals surface area contributed by atoms with Crippen LogP contribution in [0.1, 0.15) is 5.56 Å². The molecule has 0 aliphatic heterocycles. The molecule has 0 saturated carbocycles.